The van der Waals surface area contributed by atoms with E-state index in [0.29, 0.717) is 22.7 Å². The minimum Gasteiger partial charge on any atom is -0.493 e. The van der Waals surface area contributed by atoms with Gasteiger partial charge in [-0.25, -0.2) is 4.79 Å². The van der Waals surface area contributed by atoms with E-state index in [9.17, 15) is 9.59 Å². The fourth-order valence-electron chi connectivity index (χ4n) is 1.96. The molecule has 0 radical (unpaired) electrons. The van der Waals surface area contributed by atoms with Crippen LogP contribution < -0.4 is 19.5 Å². The average molecular weight is 315 g/mol. The zero-order valence-corrected chi connectivity index (χ0v) is 13.1. The standard InChI is InChI=1S/C17H17NO5/c1-11(19)18-13-9-7-12(8-10-13)17(20)23-16-14(21-2)5-4-6-15(16)22-3/h4-10H,1-3H3,(H,18,19). The van der Waals surface area contributed by atoms with Gasteiger partial charge < -0.3 is 19.5 Å². The molecule has 2 aromatic rings. The molecule has 0 aliphatic carbocycles. The number of para-hydroxylation sites is 1. The number of benzene rings is 2. The molecule has 0 heterocycles. The summed E-state index contributed by atoms with van der Waals surface area (Å²) in [5.74, 6) is 0.273. The molecule has 23 heavy (non-hydrogen) atoms. The summed E-state index contributed by atoms with van der Waals surface area (Å²) >= 11 is 0. The summed E-state index contributed by atoms with van der Waals surface area (Å²) in [6.45, 7) is 1.41. The van der Waals surface area contributed by atoms with Crippen molar-refractivity contribution >= 4 is 17.6 Å². The van der Waals surface area contributed by atoms with Gasteiger partial charge in [0.2, 0.25) is 11.7 Å². The molecule has 0 aliphatic rings. The molecule has 6 heteroatoms. The molecule has 0 saturated heterocycles. The molecule has 0 bridgehead atoms. The number of anilines is 1. The Kier molecular flexibility index (Phi) is 5.19. The van der Waals surface area contributed by atoms with Crippen LogP contribution in [0.3, 0.4) is 0 Å². The molecule has 120 valence electrons. The number of nitrogens with one attached hydrogen (secondary N) is 1. The van der Waals surface area contributed by atoms with Crippen LogP contribution in [-0.4, -0.2) is 26.1 Å². The van der Waals surface area contributed by atoms with Crippen molar-refractivity contribution in [1.29, 1.82) is 0 Å². The van der Waals surface area contributed by atoms with E-state index in [1.54, 1.807) is 42.5 Å². The maximum atomic E-state index is 12.3. The molecule has 0 fully saturated rings. The van der Waals surface area contributed by atoms with Crippen LogP contribution in [0.25, 0.3) is 0 Å². The highest BCUT2D eigenvalue weighted by Gasteiger charge is 2.17. The minimum absolute atomic E-state index is 0.181. The fourth-order valence-corrected chi connectivity index (χ4v) is 1.96. The van der Waals surface area contributed by atoms with Gasteiger partial charge in [-0.3, -0.25) is 4.79 Å². The van der Waals surface area contributed by atoms with Crippen molar-refractivity contribution in [2.24, 2.45) is 0 Å². The molecule has 6 nitrogen and oxygen atoms in total. The third-order valence-corrected chi connectivity index (χ3v) is 3.02. The second-order valence-corrected chi connectivity index (χ2v) is 4.64. The number of hydrogen-bond donors (Lipinski definition) is 1. The highest BCUT2D eigenvalue weighted by Crippen LogP contribution is 2.37. The smallest absolute Gasteiger partial charge is 0.343 e. The number of esters is 1. The summed E-state index contributed by atoms with van der Waals surface area (Å²) in [7, 11) is 2.96. The highest BCUT2D eigenvalue weighted by atomic mass is 16.6. The zero-order chi connectivity index (χ0) is 16.8. The molecular weight excluding hydrogens is 298 g/mol. The summed E-state index contributed by atoms with van der Waals surface area (Å²) in [4.78, 5) is 23.2. The van der Waals surface area contributed by atoms with E-state index < -0.39 is 5.97 Å². The Bertz CT molecular complexity index is 687. The Morgan fingerprint density at radius 2 is 1.48 bits per heavy atom. The lowest BCUT2D eigenvalue weighted by molar-refractivity contribution is -0.114. The Hall–Kier alpha value is -3.02. The lowest BCUT2D eigenvalue weighted by Gasteiger charge is -2.13. The molecule has 1 N–H and O–H groups in total. The minimum atomic E-state index is -0.554. The molecular formula is C17H17NO5. The van der Waals surface area contributed by atoms with Gasteiger partial charge in [0.15, 0.2) is 11.5 Å². The van der Waals surface area contributed by atoms with Crippen molar-refractivity contribution in [3.05, 3.63) is 48.0 Å². The van der Waals surface area contributed by atoms with Crippen LogP contribution in [0, 0.1) is 0 Å². The molecule has 0 saturated carbocycles. The Balaban J connectivity index is 2.21. The molecule has 0 atom stereocenters. The predicted octanol–water partition coefficient (Wildman–Crippen LogP) is 2.88. The molecule has 0 spiro atoms. The van der Waals surface area contributed by atoms with E-state index in [2.05, 4.69) is 5.32 Å². The third-order valence-electron chi connectivity index (χ3n) is 3.02. The normalized spacial score (nSPS) is 9.87. The maximum absolute atomic E-state index is 12.3. The summed E-state index contributed by atoms with van der Waals surface area (Å²) in [5.41, 5.74) is 0.941. The van der Waals surface area contributed by atoms with Crippen LogP contribution >= 0.6 is 0 Å². The van der Waals surface area contributed by atoms with Crippen molar-refractivity contribution in [2.45, 2.75) is 6.92 Å². The zero-order valence-electron chi connectivity index (χ0n) is 13.1. The lowest BCUT2D eigenvalue weighted by atomic mass is 10.2. The van der Waals surface area contributed by atoms with Gasteiger partial charge in [0, 0.05) is 12.6 Å². The van der Waals surface area contributed by atoms with Crippen LogP contribution in [0.1, 0.15) is 17.3 Å². The van der Waals surface area contributed by atoms with Gasteiger partial charge in [-0.05, 0) is 36.4 Å². The molecule has 0 aliphatic heterocycles. The topological polar surface area (TPSA) is 73.9 Å². The number of rotatable bonds is 5. The van der Waals surface area contributed by atoms with Gasteiger partial charge in [-0.1, -0.05) is 6.07 Å². The van der Waals surface area contributed by atoms with E-state index in [1.807, 2.05) is 0 Å². The van der Waals surface area contributed by atoms with Crippen LogP contribution in [0.5, 0.6) is 17.2 Å². The first-order valence-electron chi connectivity index (χ1n) is 6.86. The second-order valence-electron chi connectivity index (χ2n) is 4.64. The Morgan fingerprint density at radius 1 is 0.913 bits per heavy atom. The van der Waals surface area contributed by atoms with Gasteiger partial charge in [0.25, 0.3) is 0 Å². The van der Waals surface area contributed by atoms with Gasteiger partial charge in [-0.15, -0.1) is 0 Å². The van der Waals surface area contributed by atoms with Crippen LogP contribution in [-0.2, 0) is 4.79 Å². The first-order chi connectivity index (χ1) is 11.0. The molecule has 0 unspecified atom stereocenters. The van der Waals surface area contributed by atoms with Gasteiger partial charge in [0.05, 0.1) is 19.8 Å². The van der Waals surface area contributed by atoms with Crippen LogP contribution in [0.15, 0.2) is 42.5 Å². The summed E-state index contributed by atoms with van der Waals surface area (Å²) in [6, 6.07) is 11.5. The number of hydrogen-bond acceptors (Lipinski definition) is 5. The summed E-state index contributed by atoms with van der Waals surface area (Å²) < 4.78 is 15.8. The van der Waals surface area contributed by atoms with E-state index in [4.69, 9.17) is 14.2 Å². The van der Waals surface area contributed by atoms with E-state index >= 15 is 0 Å². The number of amides is 1. The second kappa shape index (κ2) is 7.31. The van der Waals surface area contributed by atoms with Crippen molar-refractivity contribution in [1.82, 2.24) is 0 Å². The fraction of sp³-hybridized carbons (Fsp3) is 0.176. The SMILES string of the molecule is COc1cccc(OC)c1OC(=O)c1ccc(NC(C)=O)cc1. The van der Waals surface area contributed by atoms with E-state index in [-0.39, 0.29) is 11.7 Å². The lowest BCUT2D eigenvalue weighted by Crippen LogP contribution is -2.11. The Labute approximate surface area is 134 Å². The van der Waals surface area contributed by atoms with Gasteiger partial charge in [-0.2, -0.15) is 0 Å². The van der Waals surface area contributed by atoms with Crippen LogP contribution in [0.4, 0.5) is 5.69 Å². The largest absolute Gasteiger partial charge is 0.493 e. The third kappa shape index (κ3) is 4.00. The van der Waals surface area contributed by atoms with Crippen LogP contribution in [0.2, 0.25) is 0 Å². The monoisotopic (exact) mass is 315 g/mol. The van der Waals surface area contributed by atoms with Crippen molar-refractivity contribution in [3.8, 4) is 17.2 Å². The van der Waals surface area contributed by atoms with Gasteiger partial charge >= 0.3 is 5.97 Å². The van der Waals surface area contributed by atoms with Crippen molar-refractivity contribution < 1.29 is 23.8 Å². The average Bonchev–Trinajstić information content (AvgIpc) is 2.55. The first-order valence-corrected chi connectivity index (χ1v) is 6.86. The first kappa shape index (κ1) is 16.4. The molecule has 0 aromatic heterocycles. The van der Waals surface area contributed by atoms with Crippen molar-refractivity contribution in [2.75, 3.05) is 19.5 Å². The maximum Gasteiger partial charge on any atom is 0.343 e. The number of methoxy groups -OCH3 is 2. The predicted molar refractivity (Wildman–Crippen MR) is 85.3 cm³/mol. The summed E-state index contributed by atoms with van der Waals surface area (Å²) in [5, 5.41) is 2.63. The van der Waals surface area contributed by atoms with E-state index in [0.717, 1.165) is 0 Å². The number of carbonyl (C=O) groups excluding carboxylic acids is 2. The van der Waals surface area contributed by atoms with E-state index in [1.165, 1.54) is 21.1 Å². The number of ether oxygens (including phenoxy) is 3. The van der Waals surface area contributed by atoms with Gasteiger partial charge in [0.1, 0.15) is 0 Å². The quantitative estimate of drug-likeness (QED) is 0.678. The molecule has 1 amide bonds. The number of carbonyl (C=O) groups is 2. The highest BCUT2D eigenvalue weighted by molar-refractivity contribution is 5.93. The molecule has 2 rings (SSSR count). The molecule has 2 aromatic carbocycles. The summed E-state index contributed by atoms with van der Waals surface area (Å²) in [6.07, 6.45) is 0. The van der Waals surface area contributed by atoms with Crippen molar-refractivity contribution in [3.63, 3.8) is 0 Å². The Morgan fingerprint density at radius 3 is 1.96 bits per heavy atom.